The van der Waals surface area contributed by atoms with Gasteiger partial charge in [-0.3, -0.25) is 4.79 Å². The van der Waals surface area contributed by atoms with Crippen LogP contribution in [-0.4, -0.2) is 23.6 Å². The van der Waals surface area contributed by atoms with Gasteiger partial charge in [0.1, 0.15) is 11.3 Å². The van der Waals surface area contributed by atoms with E-state index in [9.17, 15) is 14.7 Å². The molecule has 0 radical (unpaired) electrons. The minimum atomic E-state index is -0.747. The number of phenols is 1. The van der Waals surface area contributed by atoms with Gasteiger partial charge in [-0.15, -0.1) is 0 Å². The second kappa shape index (κ2) is 7.05. The minimum Gasteiger partial charge on any atom is -0.507 e. The van der Waals surface area contributed by atoms with E-state index in [0.717, 1.165) is 16.3 Å². The molecule has 0 unspecified atom stereocenters. The summed E-state index contributed by atoms with van der Waals surface area (Å²) in [6.07, 6.45) is 0. The monoisotopic (exact) mass is 335 g/mol. The number of amides is 1. The third-order valence-electron chi connectivity index (χ3n) is 3.84. The van der Waals surface area contributed by atoms with Crippen LogP contribution in [-0.2, 0) is 9.53 Å². The van der Waals surface area contributed by atoms with E-state index in [4.69, 9.17) is 4.74 Å². The number of para-hydroxylation sites is 1. The third-order valence-corrected chi connectivity index (χ3v) is 3.84. The number of hydrogen-bond acceptors (Lipinski definition) is 4. The van der Waals surface area contributed by atoms with Crippen molar-refractivity contribution < 1.29 is 19.4 Å². The summed E-state index contributed by atoms with van der Waals surface area (Å²) in [5.41, 5.74) is 1.61. The first-order valence-corrected chi connectivity index (χ1v) is 7.79. The molecule has 0 aromatic heterocycles. The van der Waals surface area contributed by atoms with Crippen LogP contribution in [0, 0.1) is 6.92 Å². The molecule has 25 heavy (non-hydrogen) atoms. The predicted molar refractivity (Wildman–Crippen MR) is 95.7 cm³/mol. The first kappa shape index (κ1) is 16.5. The molecule has 0 saturated heterocycles. The molecule has 0 atom stereocenters. The predicted octanol–water partition coefficient (Wildman–Crippen LogP) is 3.65. The van der Waals surface area contributed by atoms with E-state index in [0.29, 0.717) is 5.69 Å². The van der Waals surface area contributed by atoms with Crippen molar-refractivity contribution in [1.29, 1.82) is 0 Å². The normalized spacial score (nSPS) is 10.4. The van der Waals surface area contributed by atoms with Crippen molar-refractivity contribution >= 4 is 28.3 Å². The van der Waals surface area contributed by atoms with Gasteiger partial charge in [-0.1, -0.05) is 42.5 Å². The highest BCUT2D eigenvalue weighted by Gasteiger charge is 2.15. The molecular formula is C20H17NO4. The summed E-state index contributed by atoms with van der Waals surface area (Å²) in [7, 11) is 0. The molecule has 126 valence electrons. The topological polar surface area (TPSA) is 75.6 Å². The third kappa shape index (κ3) is 3.77. The van der Waals surface area contributed by atoms with Gasteiger partial charge in [0.15, 0.2) is 6.61 Å². The Morgan fingerprint density at radius 2 is 1.64 bits per heavy atom. The Morgan fingerprint density at radius 3 is 2.36 bits per heavy atom. The highest BCUT2D eigenvalue weighted by Crippen LogP contribution is 2.25. The summed E-state index contributed by atoms with van der Waals surface area (Å²) in [4.78, 5) is 24.1. The fraction of sp³-hybridized carbons (Fsp3) is 0.100. The second-order valence-electron chi connectivity index (χ2n) is 5.66. The van der Waals surface area contributed by atoms with Crippen molar-refractivity contribution in [2.45, 2.75) is 6.92 Å². The van der Waals surface area contributed by atoms with E-state index >= 15 is 0 Å². The zero-order chi connectivity index (χ0) is 17.8. The SMILES string of the molecule is Cc1ccccc1NC(=O)COC(=O)c1cc2ccccc2cc1O. The van der Waals surface area contributed by atoms with E-state index in [-0.39, 0.29) is 11.3 Å². The molecule has 5 heteroatoms. The molecule has 2 N–H and O–H groups in total. The van der Waals surface area contributed by atoms with Gasteiger partial charge in [-0.05, 0) is 41.5 Å². The molecule has 3 aromatic rings. The van der Waals surface area contributed by atoms with Gasteiger partial charge in [0.2, 0.25) is 0 Å². The molecule has 0 heterocycles. The van der Waals surface area contributed by atoms with E-state index in [1.54, 1.807) is 12.1 Å². The van der Waals surface area contributed by atoms with E-state index < -0.39 is 18.5 Å². The molecular weight excluding hydrogens is 318 g/mol. The largest absolute Gasteiger partial charge is 0.507 e. The molecule has 3 aromatic carbocycles. The zero-order valence-corrected chi connectivity index (χ0v) is 13.7. The molecule has 0 aliphatic carbocycles. The number of aromatic hydroxyl groups is 1. The fourth-order valence-electron chi connectivity index (χ4n) is 2.50. The van der Waals surface area contributed by atoms with Gasteiger partial charge >= 0.3 is 5.97 Å². The number of carbonyl (C=O) groups is 2. The molecule has 5 nitrogen and oxygen atoms in total. The Hall–Kier alpha value is -3.34. The maximum Gasteiger partial charge on any atom is 0.342 e. The van der Waals surface area contributed by atoms with Crippen LogP contribution >= 0.6 is 0 Å². The Bertz CT molecular complexity index is 949. The van der Waals surface area contributed by atoms with Gasteiger partial charge in [0, 0.05) is 5.69 Å². The lowest BCUT2D eigenvalue weighted by Crippen LogP contribution is -2.21. The van der Waals surface area contributed by atoms with Crippen LogP contribution in [0.3, 0.4) is 0 Å². The molecule has 0 spiro atoms. The lowest BCUT2D eigenvalue weighted by atomic mass is 10.1. The highest BCUT2D eigenvalue weighted by molar-refractivity contribution is 6.00. The number of anilines is 1. The van der Waals surface area contributed by atoms with Gasteiger partial charge in [-0.2, -0.15) is 0 Å². The van der Waals surface area contributed by atoms with Crippen LogP contribution in [0.1, 0.15) is 15.9 Å². The van der Waals surface area contributed by atoms with Gasteiger partial charge in [0.25, 0.3) is 5.91 Å². The molecule has 0 bridgehead atoms. The van der Waals surface area contributed by atoms with Crippen LogP contribution in [0.15, 0.2) is 60.7 Å². The number of ether oxygens (including phenoxy) is 1. The summed E-state index contributed by atoms with van der Waals surface area (Å²) >= 11 is 0. The lowest BCUT2D eigenvalue weighted by Gasteiger charge is -2.10. The van der Waals surface area contributed by atoms with Crippen molar-refractivity contribution in [3.8, 4) is 5.75 Å². The van der Waals surface area contributed by atoms with Crippen LogP contribution in [0.25, 0.3) is 10.8 Å². The van der Waals surface area contributed by atoms with Gasteiger partial charge in [0.05, 0.1) is 0 Å². The molecule has 0 saturated carbocycles. The molecule has 1 amide bonds. The van der Waals surface area contributed by atoms with E-state index in [1.165, 1.54) is 6.07 Å². The van der Waals surface area contributed by atoms with Crippen LogP contribution < -0.4 is 5.32 Å². The summed E-state index contributed by atoms with van der Waals surface area (Å²) in [5, 5.41) is 14.3. The van der Waals surface area contributed by atoms with Crippen LogP contribution in [0.5, 0.6) is 5.75 Å². The maximum atomic E-state index is 12.2. The van der Waals surface area contributed by atoms with Crippen molar-refractivity contribution in [3.05, 3.63) is 71.8 Å². The number of benzene rings is 3. The Morgan fingerprint density at radius 1 is 1.00 bits per heavy atom. The summed E-state index contributed by atoms with van der Waals surface area (Å²) < 4.78 is 5.02. The summed E-state index contributed by atoms with van der Waals surface area (Å²) in [5.74, 6) is -1.37. The zero-order valence-electron chi connectivity index (χ0n) is 13.7. The summed E-state index contributed by atoms with van der Waals surface area (Å²) in [6, 6.07) is 17.7. The average Bonchev–Trinajstić information content (AvgIpc) is 2.61. The number of hydrogen-bond donors (Lipinski definition) is 2. The number of carbonyl (C=O) groups excluding carboxylic acids is 2. The van der Waals surface area contributed by atoms with E-state index in [1.807, 2.05) is 49.4 Å². The first-order chi connectivity index (χ1) is 12.0. The van der Waals surface area contributed by atoms with Crippen LogP contribution in [0.2, 0.25) is 0 Å². The first-order valence-electron chi connectivity index (χ1n) is 7.79. The Balaban J connectivity index is 1.67. The van der Waals surface area contributed by atoms with Crippen molar-refractivity contribution in [1.82, 2.24) is 0 Å². The Kier molecular flexibility index (Phi) is 4.66. The van der Waals surface area contributed by atoms with E-state index in [2.05, 4.69) is 5.32 Å². The van der Waals surface area contributed by atoms with Crippen molar-refractivity contribution in [2.24, 2.45) is 0 Å². The molecule has 0 aliphatic rings. The number of rotatable bonds is 4. The maximum absolute atomic E-state index is 12.2. The van der Waals surface area contributed by atoms with Crippen LogP contribution in [0.4, 0.5) is 5.69 Å². The minimum absolute atomic E-state index is 0.0300. The number of phenolic OH excluding ortho intramolecular Hbond substituents is 1. The number of nitrogens with one attached hydrogen (secondary N) is 1. The highest BCUT2D eigenvalue weighted by atomic mass is 16.5. The standard InChI is InChI=1S/C20H17NO4/c1-13-6-2-5-9-17(13)21-19(23)12-25-20(24)16-10-14-7-3-4-8-15(14)11-18(16)22/h2-11,22H,12H2,1H3,(H,21,23). The number of esters is 1. The molecule has 3 rings (SSSR count). The molecule has 0 fully saturated rings. The Labute approximate surface area is 144 Å². The second-order valence-corrected chi connectivity index (χ2v) is 5.66. The van der Waals surface area contributed by atoms with Crippen molar-refractivity contribution in [2.75, 3.05) is 11.9 Å². The average molecular weight is 335 g/mol. The fourth-order valence-corrected chi connectivity index (χ4v) is 2.50. The summed E-state index contributed by atoms with van der Waals surface area (Å²) in [6.45, 7) is 1.44. The van der Waals surface area contributed by atoms with Gasteiger partial charge < -0.3 is 15.2 Å². The quantitative estimate of drug-likeness (QED) is 0.714. The number of fused-ring (bicyclic) bond motifs is 1. The van der Waals surface area contributed by atoms with Gasteiger partial charge in [-0.25, -0.2) is 4.79 Å². The molecule has 0 aliphatic heterocycles. The van der Waals surface area contributed by atoms with Crippen molar-refractivity contribution in [3.63, 3.8) is 0 Å². The lowest BCUT2D eigenvalue weighted by molar-refractivity contribution is -0.119. The smallest absolute Gasteiger partial charge is 0.342 e. The number of aryl methyl sites for hydroxylation is 1.